The highest BCUT2D eigenvalue weighted by atomic mass is 16.6. The van der Waals surface area contributed by atoms with Crippen molar-refractivity contribution in [2.45, 2.75) is 12.5 Å². The lowest BCUT2D eigenvalue weighted by Crippen LogP contribution is -2.27. The van der Waals surface area contributed by atoms with E-state index in [1.165, 1.54) is 0 Å². The van der Waals surface area contributed by atoms with Gasteiger partial charge in [0.25, 0.3) is 0 Å². The molecular weight excluding hydrogens is 220 g/mol. The van der Waals surface area contributed by atoms with E-state index in [-0.39, 0.29) is 6.61 Å². The fourth-order valence-electron chi connectivity index (χ4n) is 1.85. The Hall–Kier alpha value is -2.01. The SMILES string of the molecule is NC(=O)O[C@H](CO)Cc1c[nH]c2ccccc12. The molecule has 5 heteroatoms. The first-order valence-electron chi connectivity index (χ1n) is 5.32. The van der Waals surface area contributed by atoms with Crippen LogP contribution in [-0.2, 0) is 11.2 Å². The van der Waals surface area contributed by atoms with Gasteiger partial charge >= 0.3 is 6.09 Å². The number of hydrogen-bond donors (Lipinski definition) is 3. The first-order valence-corrected chi connectivity index (χ1v) is 5.32. The molecule has 1 aromatic carbocycles. The maximum atomic E-state index is 10.6. The van der Waals surface area contributed by atoms with Crippen molar-refractivity contribution in [3.63, 3.8) is 0 Å². The smallest absolute Gasteiger partial charge is 0.404 e. The lowest BCUT2D eigenvalue weighted by molar-refractivity contribution is 0.0641. The molecule has 0 aliphatic carbocycles. The van der Waals surface area contributed by atoms with Crippen LogP contribution in [0.15, 0.2) is 30.5 Å². The predicted octanol–water partition coefficient (Wildman–Crippen LogP) is 1.17. The maximum Gasteiger partial charge on any atom is 0.404 e. The van der Waals surface area contributed by atoms with Crippen LogP contribution in [0.4, 0.5) is 4.79 Å². The van der Waals surface area contributed by atoms with Gasteiger partial charge in [-0.3, -0.25) is 0 Å². The van der Waals surface area contributed by atoms with Crippen LogP contribution in [0.1, 0.15) is 5.56 Å². The standard InChI is InChI=1S/C12H14N2O3/c13-12(16)17-9(7-15)5-8-6-14-11-4-2-1-3-10(8)11/h1-4,6,9,14-15H,5,7H2,(H2,13,16)/t9-/m0/s1. The molecule has 0 saturated carbocycles. The van der Waals surface area contributed by atoms with Crippen molar-refractivity contribution in [1.29, 1.82) is 0 Å². The topological polar surface area (TPSA) is 88.3 Å². The highest BCUT2D eigenvalue weighted by molar-refractivity contribution is 5.83. The molecule has 0 unspecified atom stereocenters. The van der Waals surface area contributed by atoms with Gasteiger partial charge in [-0.15, -0.1) is 0 Å². The second-order valence-electron chi connectivity index (χ2n) is 3.81. The monoisotopic (exact) mass is 234 g/mol. The summed E-state index contributed by atoms with van der Waals surface area (Å²) < 4.78 is 4.80. The Balaban J connectivity index is 2.19. The number of para-hydroxylation sites is 1. The largest absolute Gasteiger partial charge is 0.444 e. The van der Waals surface area contributed by atoms with Crippen LogP contribution in [0.2, 0.25) is 0 Å². The number of hydrogen-bond acceptors (Lipinski definition) is 3. The number of aliphatic hydroxyl groups is 1. The molecular formula is C12H14N2O3. The predicted molar refractivity (Wildman–Crippen MR) is 63.5 cm³/mol. The quantitative estimate of drug-likeness (QED) is 0.741. The molecule has 0 saturated heterocycles. The molecule has 2 rings (SSSR count). The minimum absolute atomic E-state index is 0.248. The van der Waals surface area contributed by atoms with E-state index in [1.54, 1.807) is 0 Å². The van der Waals surface area contributed by atoms with Gasteiger partial charge in [0.05, 0.1) is 6.61 Å². The highest BCUT2D eigenvalue weighted by Crippen LogP contribution is 2.19. The van der Waals surface area contributed by atoms with Crippen LogP contribution in [0.3, 0.4) is 0 Å². The third-order valence-corrected chi connectivity index (χ3v) is 2.61. The summed E-state index contributed by atoms with van der Waals surface area (Å²) in [5.74, 6) is 0. The van der Waals surface area contributed by atoms with E-state index in [0.29, 0.717) is 6.42 Å². The van der Waals surface area contributed by atoms with Gasteiger partial charge < -0.3 is 20.6 Å². The van der Waals surface area contributed by atoms with Crippen molar-refractivity contribution in [3.8, 4) is 0 Å². The summed E-state index contributed by atoms with van der Waals surface area (Å²) in [7, 11) is 0. The summed E-state index contributed by atoms with van der Waals surface area (Å²) in [4.78, 5) is 13.8. The van der Waals surface area contributed by atoms with Crippen molar-refractivity contribution in [2.75, 3.05) is 6.61 Å². The molecule has 4 N–H and O–H groups in total. The van der Waals surface area contributed by atoms with Crippen molar-refractivity contribution in [2.24, 2.45) is 5.73 Å². The molecule has 2 aromatic rings. The molecule has 5 nitrogen and oxygen atoms in total. The van der Waals surface area contributed by atoms with Crippen molar-refractivity contribution < 1.29 is 14.6 Å². The van der Waals surface area contributed by atoms with Gasteiger partial charge in [-0.25, -0.2) is 4.79 Å². The fourth-order valence-corrected chi connectivity index (χ4v) is 1.85. The number of benzene rings is 1. The number of amides is 1. The van der Waals surface area contributed by atoms with Crippen LogP contribution in [0.5, 0.6) is 0 Å². The molecule has 0 bridgehead atoms. The third-order valence-electron chi connectivity index (χ3n) is 2.61. The van der Waals surface area contributed by atoms with Gasteiger partial charge in [0, 0.05) is 23.5 Å². The van der Waals surface area contributed by atoms with E-state index in [4.69, 9.17) is 15.6 Å². The first-order chi connectivity index (χ1) is 8.20. The number of carbonyl (C=O) groups excluding carboxylic acids is 1. The Kier molecular flexibility index (Phi) is 3.30. The van der Waals surface area contributed by atoms with Crippen LogP contribution >= 0.6 is 0 Å². The van der Waals surface area contributed by atoms with E-state index in [0.717, 1.165) is 16.5 Å². The van der Waals surface area contributed by atoms with Crippen molar-refractivity contribution >= 4 is 17.0 Å². The van der Waals surface area contributed by atoms with Gasteiger partial charge in [-0.2, -0.15) is 0 Å². The minimum atomic E-state index is -0.871. The van der Waals surface area contributed by atoms with Gasteiger partial charge in [0.2, 0.25) is 0 Å². The number of fused-ring (bicyclic) bond motifs is 1. The van der Waals surface area contributed by atoms with Crippen LogP contribution in [0, 0.1) is 0 Å². The number of H-pyrrole nitrogens is 1. The van der Waals surface area contributed by atoms with E-state index < -0.39 is 12.2 Å². The maximum absolute atomic E-state index is 10.6. The summed E-state index contributed by atoms with van der Waals surface area (Å²) in [6.45, 7) is -0.248. The van der Waals surface area contributed by atoms with Gasteiger partial charge in [-0.1, -0.05) is 18.2 Å². The second kappa shape index (κ2) is 4.88. The Bertz CT molecular complexity index is 521. The number of ether oxygens (including phenoxy) is 1. The highest BCUT2D eigenvalue weighted by Gasteiger charge is 2.14. The molecule has 1 aromatic heterocycles. The van der Waals surface area contributed by atoms with E-state index in [1.807, 2.05) is 30.5 Å². The summed E-state index contributed by atoms with van der Waals surface area (Å²) in [6.07, 6.45) is 0.803. The molecule has 90 valence electrons. The number of rotatable bonds is 4. The average molecular weight is 234 g/mol. The summed E-state index contributed by atoms with van der Waals surface area (Å²) in [5, 5.41) is 10.2. The molecule has 0 aliphatic heterocycles. The van der Waals surface area contributed by atoms with Crippen molar-refractivity contribution in [1.82, 2.24) is 4.98 Å². The molecule has 1 heterocycles. The molecule has 1 amide bonds. The number of nitrogens with one attached hydrogen (secondary N) is 1. The Morgan fingerprint density at radius 3 is 2.94 bits per heavy atom. The lowest BCUT2D eigenvalue weighted by Gasteiger charge is -2.13. The van der Waals surface area contributed by atoms with Crippen molar-refractivity contribution in [3.05, 3.63) is 36.0 Å². The first kappa shape index (κ1) is 11.5. The molecule has 0 fully saturated rings. The molecule has 0 spiro atoms. The number of carbonyl (C=O) groups is 1. The zero-order valence-electron chi connectivity index (χ0n) is 9.22. The zero-order valence-corrected chi connectivity index (χ0v) is 9.22. The normalized spacial score (nSPS) is 12.5. The number of aromatic amines is 1. The van der Waals surface area contributed by atoms with Gasteiger partial charge in [0.15, 0.2) is 0 Å². The average Bonchev–Trinajstić information content (AvgIpc) is 2.71. The molecule has 1 atom stereocenters. The van der Waals surface area contributed by atoms with Gasteiger partial charge in [0.1, 0.15) is 6.10 Å². The number of primary amides is 1. The summed E-state index contributed by atoms with van der Waals surface area (Å²) in [5.41, 5.74) is 6.93. The van der Waals surface area contributed by atoms with E-state index in [9.17, 15) is 4.79 Å². The summed E-state index contributed by atoms with van der Waals surface area (Å²) >= 11 is 0. The Morgan fingerprint density at radius 1 is 1.47 bits per heavy atom. The summed E-state index contributed by atoms with van der Waals surface area (Å²) in [6, 6.07) is 7.80. The Morgan fingerprint density at radius 2 is 2.24 bits per heavy atom. The number of aliphatic hydroxyl groups excluding tert-OH is 1. The van der Waals surface area contributed by atoms with E-state index in [2.05, 4.69) is 4.98 Å². The fraction of sp³-hybridized carbons (Fsp3) is 0.250. The van der Waals surface area contributed by atoms with Gasteiger partial charge in [-0.05, 0) is 11.6 Å². The lowest BCUT2D eigenvalue weighted by atomic mass is 10.1. The second-order valence-corrected chi connectivity index (χ2v) is 3.81. The Labute approximate surface area is 98.2 Å². The molecule has 0 aliphatic rings. The number of nitrogens with two attached hydrogens (primary N) is 1. The zero-order chi connectivity index (χ0) is 12.3. The van der Waals surface area contributed by atoms with Crippen LogP contribution in [-0.4, -0.2) is 28.9 Å². The van der Waals surface area contributed by atoms with Crippen LogP contribution < -0.4 is 5.73 Å². The minimum Gasteiger partial charge on any atom is -0.444 e. The van der Waals surface area contributed by atoms with Crippen LogP contribution in [0.25, 0.3) is 10.9 Å². The van der Waals surface area contributed by atoms with E-state index >= 15 is 0 Å². The number of aromatic nitrogens is 1. The third kappa shape index (κ3) is 2.57. The molecule has 17 heavy (non-hydrogen) atoms. The molecule has 0 radical (unpaired) electrons.